The highest BCUT2D eigenvalue weighted by Crippen LogP contribution is 2.24. The van der Waals surface area contributed by atoms with Crippen molar-refractivity contribution in [2.75, 3.05) is 13.1 Å². The monoisotopic (exact) mass is 403 g/mol. The highest BCUT2D eigenvalue weighted by atomic mass is 32.2. The van der Waals surface area contributed by atoms with Crippen molar-refractivity contribution in [3.8, 4) is 6.07 Å². The largest absolute Gasteiger partial charge is 0.300 e. The van der Waals surface area contributed by atoms with E-state index in [-0.39, 0.29) is 0 Å². The standard InChI is InChI=1S/C23H25N5S/c24-15-20-10-7-11-21(14-20)18-29-23-26-25-22(17-27-12-5-2-6-13-27)28(23)16-19-8-3-1-4-9-19/h1,3-4,7-11,14H,2,5-6,12-13,16-18H2. The van der Waals surface area contributed by atoms with Crippen LogP contribution in [0.2, 0.25) is 0 Å². The van der Waals surface area contributed by atoms with Gasteiger partial charge in [0.25, 0.3) is 0 Å². The van der Waals surface area contributed by atoms with E-state index < -0.39 is 0 Å². The lowest BCUT2D eigenvalue weighted by molar-refractivity contribution is 0.213. The topological polar surface area (TPSA) is 57.7 Å². The summed E-state index contributed by atoms with van der Waals surface area (Å²) in [6.07, 6.45) is 3.86. The van der Waals surface area contributed by atoms with E-state index in [0.29, 0.717) is 5.56 Å². The molecule has 0 aliphatic carbocycles. The van der Waals surface area contributed by atoms with E-state index in [2.05, 4.69) is 56.1 Å². The number of hydrogen-bond acceptors (Lipinski definition) is 5. The van der Waals surface area contributed by atoms with Gasteiger partial charge in [0.1, 0.15) is 5.82 Å². The third kappa shape index (κ3) is 5.26. The van der Waals surface area contributed by atoms with Gasteiger partial charge >= 0.3 is 0 Å². The van der Waals surface area contributed by atoms with E-state index in [1.165, 1.54) is 24.8 Å². The summed E-state index contributed by atoms with van der Waals surface area (Å²) in [5.74, 6) is 1.80. The van der Waals surface area contributed by atoms with Gasteiger partial charge in [-0.2, -0.15) is 5.26 Å². The fourth-order valence-corrected chi connectivity index (χ4v) is 4.56. The number of benzene rings is 2. The van der Waals surface area contributed by atoms with E-state index in [4.69, 9.17) is 5.26 Å². The smallest absolute Gasteiger partial charge is 0.191 e. The molecule has 148 valence electrons. The molecule has 29 heavy (non-hydrogen) atoms. The van der Waals surface area contributed by atoms with Crippen LogP contribution in [0.15, 0.2) is 59.8 Å². The summed E-state index contributed by atoms with van der Waals surface area (Å²) in [7, 11) is 0. The van der Waals surface area contributed by atoms with Crippen molar-refractivity contribution in [1.29, 1.82) is 5.26 Å². The van der Waals surface area contributed by atoms with Crippen LogP contribution in [0.3, 0.4) is 0 Å². The van der Waals surface area contributed by atoms with Crippen LogP contribution >= 0.6 is 11.8 Å². The second-order valence-electron chi connectivity index (χ2n) is 7.41. The van der Waals surface area contributed by atoms with Crippen LogP contribution < -0.4 is 0 Å². The van der Waals surface area contributed by atoms with Crippen molar-refractivity contribution in [3.05, 3.63) is 77.1 Å². The molecule has 1 fully saturated rings. The van der Waals surface area contributed by atoms with Crippen molar-refractivity contribution >= 4 is 11.8 Å². The number of piperidine rings is 1. The molecule has 0 unspecified atom stereocenters. The van der Waals surface area contributed by atoms with Crippen molar-refractivity contribution in [3.63, 3.8) is 0 Å². The second-order valence-corrected chi connectivity index (χ2v) is 8.35. The van der Waals surface area contributed by atoms with Crippen molar-refractivity contribution in [1.82, 2.24) is 19.7 Å². The number of nitriles is 1. The minimum absolute atomic E-state index is 0.694. The number of likely N-dealkylation sites (tertiary alicyclic amines) is 1. The van der Waals surface area contributed by atoms with Crippen LogP contribution in [-0.2, 0) is 18.8 Å². The van der Waals surface area contributed by atoms with Gasteiger partial charge in [0, 0.05) is 5.75 Å². The molecule has 0 radical (unpaired) electrons. The zero-order valence-corrected chi connectivity index (χ0v) is 17.3. The highest BCUT2D eigenvalue weighted by molar-refractivity contribution is 7.98. The molecule has 6 heteroatoms. The van der Waals surface area contributed by atoms with E-state index in [0.717, 1.165) is 48.5 Å². The summed E-state index contributed by atoms with van der Waals surface area (Å²) >= 11 is 1.68. The molecule has 0 amide bonds. The van der Waals surface area contributed by atoms with Gasteiger partial charge in [-0.1, -0.05) is 60.6 Å². The average molecular weight is 404 g/mol. The molecule has 1 saturated heterocycles. The number of nitrogens with zero attached hydrogens (tertiary/aromatic N) is 5. The summed E-state index contributed by atoms with van der Waals surface area (Å²) in [5, 5.41) is 19.1. The summed E-state index contributed by atoms with van der Waals surface area (Å²) in [6, 6.07) is 20.5. The Labute approximate surface area is 176 Å². The van der Waals surface area contributed by atoms with E-state index in [1.807, 2.05) is 24.3 Å². The minimum atomic E-state index is 0.694. The SMILES string of the molecule is N#Cc1cccc(CSc2nnc(CN3CCCCC3)n2Cc2ccccc2)c1. The molecule has 5 nitrogen and oxygen atoms in total. The third-order valence-electron chi connectivity index (χ3n) is 5.21. The molecule has 0 spiro atoms. The Bertz CT molecular complexity index is 970. The lowest BCUT2D eigenvalue weighted by Gasteiger charge is -2.26. The number of thioether (sulfide) groups is 1. The first-order valence-electron chi connectivity index (χ1n) is 10.1. The molecule has 0 saturated carbocycles. The molecular weight excluding hydrogens is 378 g/mol. The Kier molecular flexibility index (Phi) is 6.60. The molecule has 1 aromatic heterocycles. The summed E-state index contributed by atoms with van der Waals surface area (Å²) in [5.41, 5.74) is 3.07. The van der Waals surface area contributed by atoms with Crippen molar-refractivity contribution in [2.24, 2.45) is 0 Å². The first-order chi connectivity index (χ1) is 14.3. The molecule has 0 atom stereocenters. The lowest BCUT2D eigenvalue weighted by atomic mass is 10.1. The zero-order valence-electron chi connectivity index (χ0n) is 16.5. The van der Waals surface area contributed by atoms with E-state index in [9.17, 15) is 0 Å². The van der Waals surface area contributed by atoms with Crippen LogP contribution in [0.25, 0.3) is 0 Å². The molecule has 0 N–H and O–H groups in total. The maximum Gasteiger partial charge on any atom is 0.191 e. The van der Waals surface area contributed by atoms with Gasteiger partial charge in [0.05, 0.1) is 24.7 Å². The van der Waals surface area contributed by atoms with Gasteiger partial charge < -0.3 is 4.57 Å². The minimum Gasteiger partial charge on any atom is -0.300 e. The number of rotatable bonds is 7. The lowest BCUT2D eigenvalue weighted by Crippen LogP contribution is -2.30. The Morgan fingerprint density at radius 2 is 1.69 bits per heavy atom. The van der Waals surface area contributed by atoms with Gasteiger partial charge in [0.2, 0.25) is 0 Å². The van der Waals surface area contributed by atoms with Crippen LogP contribution in [0.5, 0.6) is 0 Å². The Morgan fingerprint density at radius 1 is 0.897 bits per heavy atom. The summed E-state index contributed by atoms with van der Waals surface area (Å²) in [4.78, 5) is 2.49. The van der Waals surface area contributed by atoms with E-state index in [1.54, 1.807) is 11.8 Å². The van der Waals surface area contributed by atoms with Gasteiger partial charge in [-0.05, 0) is 49.2 Å². The van der Waals surface area contributed by atoms with E-state index >= 15 is 0 Å². The predicted octanol–water partition coefficient (Wildman–Crippen LogP) is 4.48. The number of aromatic nitrogens is 3. The van der Waals surface area contributed by atoms with Crippen LogP contribution in [0.4, 0.5) is 0 Å². The highest BCUT2D eigenvalue weighted by Gasteiger charge is 2.18. The Morgan fingerprint density at radius 3 is 2.48 bits per heavy atom. The van der Waals surface area contributed by atoms with Crippen molar-refractivity contribution in [2.45, 2.75) is 43.3 Å². The fourth-order valence-electron chi connectivity index (χ4n) is 3.66. The first kappa shape index (κ1) is 19.7. The summed E-state index contributed by atoms with van der Waals surface area (Å²) in [6.45, 7) is 3.91. The average Bonchev–Trinajstić information content (AvgIpc) is 3.15. The maximum absolute atomic E-state index is 9.13. The fraction of sp³-hybridized carbons (Fsp3) is 0.348. The van der Waals surface area contributed by atoms with Crippen LogP contribution in [0, 0.1) is 11.3 Å². The van der Waals surface area contributed by atoms with Crippen molar-refractivity contribution < 1.29 is 0 Å². The molecule has 4 rings (SSSR count). The normalized spacial score (nSPS) is 14.6. The Balaban J connectivity index is 1.54. The molecule has 1 aliphatic heterocycles. The van der Waals surface area contributed by atoms with Gasteiger partial charge in [-0.25, -0.2) is 0 Å². The molecule has 2 heterocycles. The summed E-state index contributed by atoms with van der Waals surface area (Å²) < 4.78 is 2.25. The predicted molar refractivity (Wildman–Crippen MR) is 115 cm³/mol. The second kappa shape index (κ2) is 9.73. The molecule has 2 aromatic carbocycles. The van der Waals surface area contributed by atoms with Crippen LogP contribution in [0.1, 0.15) is 41.8 Å². The molecule has 1 aliphatic rings. The maximum atomic E-state index is 9.13. The van der Waals surface area contributed by atoms with Crippen LogP contribution in [-0.4, -0.2) is 32.8 Å². The van der Waals surface area contributed by atoms with Gasteiger partial charge in [-0.15, -0.1) is 10.2 Å². The first-order valence-corrected chi connectivity index (χ1v) is 11.1. The van der Waals surface area contributed by atoms with Gasteiger partial charge in [0.15, 0.2) is 5.16 Å². The molecule has 0 bridgehead atoms. The van der Waals surface area contributed by atoms with Gasteiger partial charge in [-0.3, -0.25) is 4.90 Å². The third-order valence-corrected chi connectivity index (χ3v) is 6.25. The molecular formula is C23H25N5S. The Hall–Kier alpha value is -2.62. The molecule has 3 aromatic rings. The number of hydrogen-bond donors (Lipinski definition) is 0. The zero-order chi connectivity index (χ0) is 19.9. The quantitative estimate of drug-likeness (QED) is 0.545.